The molecule has 0 aromatic heterocycles. The van der Waals surface area contributed by atoms with E-state index in [1.165, 1.54) is 6.08 Å². The highest BCUT2D eigenvalue weighted by atomic mass is 16.6. The van der Waals surface area contributed by atoms with Gasteiger partial charge in [0.25, 0.3) is 0 Å². The molecule has 2 saturated heterocycles. The van der Waals surface area contributed by atoms with E-state index in [0.29, 0.717) is 35.5 Å². The largest absolute Gasteiger partial charge is 0.496 e. The first-order valence-corrected chi connectivity index (χ1v) is 11.2. The van der Waals surface area contributed by atoms with Crippen LogP contribution in [0.2, 0.25) is 0 Å². The van der Waals surface area contributed by atoms with Gasteiger partial charge in [0.2, 0.25) is 0 Å². The fourth-order valence-electron chi connectivity index (χ4n) is 4.66. The molecule has 0 saturated carbocycles. The summed E-state index contributed by atoms with van der Waals surface area (Å²) >= 11 is 0. The molecule has 2 aliphatic heterocycles. The van der Waals surface area contributed by atoms with Crippen LogP contribution in [0.1, 0.15) is 38.2 Å². The van der Waals surface area contributed by atoms with Crippen molar-refractivity contribution in [2.45, 2.75) is 50.4 Å². The van der Waals surface area contributed by atoms with Crippen LogP contribution in [0, 0.1) is 5.92 Å². The van der Waals surface area contributed by atoms with Crippen LogP contribution in [-0.4, -0.2) is 50.6 Å². The van der Waals surface area contributed by atoms with E-state index in [0.717, 1.165) is 18.4 Å². The Morgan fingerprint density at radius 1 is 1.27 bits per heavy atom. The van der Waals surface area contributed by atoms with Gasteiger partial charge in [0, 0.05) is 17.6 Å². The van der Waals surface area contributed by atoms with E-state index in [-0.39, 0.29) is 36.3 Å². The topological polar surface area (TPSA) is 83.6 Å². The Bertz CT molecular complexity index is 986. The predicted molar refractivity (Wildman–Crippen MR) is 122 cm³/mol. The number of allylic oxidation sites excluding steroid dienone is 1. The van der Waals surface area contributed by atoms with Gasteiger partial charge in [-0.1, -0.05) is 18.7 Å². The van der Waals surface area contributed by atoms with E-state index in [4.69, 9.17) is 23.7 Å². The summed E-state index contributed by atoms with van der Waals surface area (Å²) in [6, 6.07) is 5.41. The lowest BCUT2D eigenvalue weighted by atomic mass is 9.84. The van der Waals surface area contributed by atoms with Crippen molar-refractivity contribution in [3.05, 3.63) is 53.6 Å². The Balaban J connectivity index is 1.40. The standard InChI is InChI=1S/C26H30O7/c1-16-18-11-10-17(7-6-14-26(2)24(33-26)23(18)32-25(16)28)15-31-22(27)13-12-19-20(29-3)8-5-9-21(19)30-4/h5,7-9,12-13,18,23-24H,1,6,10-11,14-15H2,2-4H3/b13-12+,17-7+/t18-,23-,24-,26+/m0/s1. The van der Waals surface area contributed by atoms with Crippen molar-refractivity contribution < 1.29 is 33.3 Å². The van der Waals surface area contributed by atoms with Gasteiger partial charge in [-0.05, 0) is 56.4 Å². The molecule has 2 heterocycles. The zero-order chi connectivity index (χ0) is 23.6. The first-order chi connectivity index (χ1) is 15.9. The number of methoxy groups -OCH3 is 2. The van der Waals surface area contributed by atoms with Gasteiger partial charge in [0.05, 0.1) is 25.4 Å². The molecule has 33 heavy (non-hydrogen) atoms. The second-order valence-electron chi connectivity index (χ2n) is 8.81. The molecule has 7 nitrogen and oxygen atoms in total. The number of benzene rings is 1. The molecular weight excluding hydrogens is 424 g/mol. The van der Waals surface area contributed by atoms with E-state index in [1.54, 1.807) is 32.4 Å². The summed E-state index contributed by atoms with van der Waals surface area (Å²) in [5, 5.41) is 0. The highest BCUT2D eigenvalue weighted by molar-refractivity contribution is 5.91. The molecule has 0 bridgehead atoms. The van der Waals surface area contributed by atoms with Crippen molar-refractivity contribution in [3.63, 3.8) is 0 Å². The van der Waals surface area contributed by atoms with E-state index < -0.39 is 5.97 Å². The summed E-state index contributed by atoms with van der Waals surface area (Å²) in [6.45, 7) is 6.18. The molecule has 4 rings (SSSR count). The van der Waals surface area contributed by atoms with Crippen LogP contribution in [0.5, 0.6) is 11.5 Å². The lowest BCUT2D eigenvalue weighted by Crippen LogP contribution is -2.29. The van der Waals surface area contributed by atoms with Gasteiger partial charge in [-0.25, -0.2) is 9.59 Å². The van der Waals surface area contributed by atoms with E-state index in [1.807, 2.05) is 6.07 Å². The number of carbonyl (C=O) groups is 2. The molecule has 7 heteroatoms. The van der Waals surface area contributed by atoms with Gasteiger partial charge in [-0.2, -0.15) is 0 Å². The number of rotatable bonds is 6. The molecule has 176 valence electrons. The number of carbonyl (C=O) groups excluding carboxylic acids is 2. The van der Waals surface area contributed by atoms with Crippen molar-refractivity contribution in [1.29, 1.82) is 0 Å². The number of ether oxygens (including phenoxy) is 5. The minimum absolute atomic E-state index is 0.0735. The zero-order valence-electron chi connectivity index (χ0n) is 19.3. The maximum Gasteiger partial charge on any atom is 0.334 e. The Kier molecular flexibility index (Phi) is 6.61. The Morgan fingerprint density at radius 2 is 2.00 bits per heavy atom. The number of fused-ring (bicyclic) bond motifs is 3. The third-order valence-corrected chi connectivity index (χ3v) is 6.69. The first kappa shape index (κ1) is 23.1. The third kappa shape index (κ3) is 4.83. The van der Waals surface area contributed by atoms with E-state index in [9.17, 15) is 9.59 Å². The molecule has 1 aromatic carbocycles. The Hall–Kier alpha value is -3.06. The maximum atomic E-state index is 12.4. The van der Waals surface area contributed by atoms with Crippen molar-refractivity contribution >= 4 is 18.0 Å². The molecule has 0 radical (unpaired) electrons. The number of epoxide rings is 1. The summed E-state index contributed by atoms with van der Waals surface area (Å²) in [5.74, 6) is 0.326. The molecule has 0 spiro atoms. The molecule has 0 N–H and O–H groups in total. The molecular formula is C26H30O7. The monoisotopic (exact) mass is 454 g/mol. The zero-order valence-corrected chi connectivity index (χ0v) is 19.3. The van der Waals surface area contributed by atoms with Crippen LogP contribution in [0.15, 0.2) is 48.1 Å². The molecule has 4 atom stereocenters. The fourth-order valence-corrected chi connectivity index (χ4v) is 4.66. The summed E-state index contributed by atoms with van der Waals surface area (Å²) in [7, 11) is 3.13. The van der Waals surface area contributed by atoms with Crippen LogP contribution < -0.4 is 9.47 Å². The quantitative estimate of drug-likeness (QED) is 0.278. The van der Waals surface area contributed by atoms with Gasteiger partial charge in [-0.15, -0.1) is 0 Å². The fraction of sp³-hybridized carbons (Fsp3) is 0.462. The van der Waals surface area contributed by atoms with Gasteiger partial charge < -0.3 is 23.7 Å². The van der Waals surface area contributed by atoms with Crippen LogP contribution in [0.3, 0.4) is 0 Å². The second kappa shape index (κ2) is 9.43. The van der Waals surface area contributed by atoms with Crippen LogP contribution in [0.4, 0.5) is 0 Å². The summed E-state index contributed by atoms with van der Waals surface area (Å²) < 4.78 is 27.7. The van der Waals surface area contributed by atoms with Crippen molar-refractivity contribution in [2.24, 2.45) is 5.92 Å². The van der Waals surface area contributed by atoms with Gasteiger partial charge in [0.1, 0.15) is 30.3 Å². The maximum absolute atomic E-state index is 12.4. The summed E-state index contributed by atoms with van der Waals surface area (Å²) in [5.41, 5.74) is 1.89. The molecule has 0 unspecified atom stereocenters. The van der Waals surface area contributed by atoms with E-state index in [2.05, 4.69) is 19.6 Å². The van der Waals surface area contributed by atoms with Crippen molar-refractivity contribution in [2.75, 3.05) is 20.8 Å². The molecule has 1 aromatic rings. The average molecular weight is 455 g/mol. The number of esters is 2. The van der Waals surface area contributed by atoms with E-state index >= 15 is 0 Å². The van der Waals surface area contributed by atoms with Crippen molar-refractivity contribution in [3.8, 4) is 11.5 Å². The highest BCUT2D eigenvalue weighted by Crippen LogP contribution is 2.49. The van der Waals surface area contributed by atoms with Crippen LogP contribution in [0.25, 0.3) is 6.08 Å². The lowest BCUT2D eigenvalue weighted by Gasteiger charge is -2.20. The van der Waals surface area contributed by atoms with Crippen LogP contribution >= 0.6 is 0 Å². The van der Waals surface area contributed by atoms with Crippen LogP contribution in [-0.2, 0) is 23.8 Å². The molecule has 1 aliphatic carbocycles. The minimum Gasteiger partial charge on any atom is -0.496 e. The van der Waals surface area contributed by atoms with Gasteiger partial charge >= 0.3 is 11.9 Å². The summed E-state index contributed by atoms with van der Waals surface area (Å²) in [4.78, 5) is 24.5. The average Bonchev–Trinajstić information content (AvgIpc) is 3.40. The normalized spacial score (nSPS) is 30.5. The van der Waals surface area contributed by atoms with Gasteiger partial charge in [0.15, 0.2) is 0 Å². The first-order valence-electron chi connectivity index (χ1n) is 11.2. The number of hydrogen-bond acceptors (Lipinski definition) is 7. The lowest BCUT2D eigenvalue weighted by molar-refractivity contribution is -0.140. The molecule has 2 fully saturated rings. The van der Waals surface area contributed by atoms with Gasteiger partial charge in [-0.3, -0.25) is 0 Å². The van der Waals surface area contributed by atoms with Crippen molar-refractivity contribution in [1.82, 2.24) is 0 Å². The predicted octanol–water partition coefficient (Wildman–Crippen LogP) is 4.02. The SMILES string of the molecule is C=C1C(=O)O[C@H]2[C@H]1CC/C(COC(=O)/C=C/c1c(OC)cccc1OC)=C\CC[C@@]1(C)O[C@@H]21. The second-order valence-corrected chi connectivity index (χ2v) is 8.81. The minimum atomic E-state index is -0.458. The third-order valence-electron chi connectivity index (χ3n) is 6.69. The molecule has 0 amide bonds. The highest BCUT2D eigenvalue weighted by Gasteiger charge is 2.61. The Morgan fingerprint density at radius 3 is 2.70 bits per heavy atom. The number of hydrogen-bond donors (Lipinski definition) is 0. The Labute approximate surface area is 194 Å². The smallest absolute Gasteiger partial charge is 0.334 e. The molecule has 3 aliphatic rings. The summed E-state index contributed by atoms with van der Waals surface area (Å²) in [6.07, 6.45) is 7.77.